The van der Waals surface area contributed by atoms with Crippen LogP contribution in [-0.4, -0.2) is 25.4 Å². The van der Waals surface area contributed by atoms with Crippen molar-refractivity contribution in [2.75, 3.05) is 0 Å². The molecule has 0 saturated carbocycles. The topological polar surface area (TPSA) is 52.4 Å². The second kappa shape index (κ2) is 6.15. The number of hydrogen-bond donors (Lipinski definition) is 0. The fourth-order valence-corrected chi connectivity index (χ4v) is 3.14. The summed E-state index contributed by atoms with van der Waals surface area (Å²) in [4.78, 5) is 11.0. The van der Waals surface area contributed by atoms with Crippen LogP contribution in [0.2, 0.25) is 18.1 Å². The van der Waals surface area contributed by atoms with E-state index in [4.69, 9.17) is 4.43 Å². The van der Waals surface area contributed by atoms with Crippen molar-refractivity contribution in [2.24, 2.45) is 5.92 Å². The number of nitrogens with zero attached hydrogens (tertiary/aromatic N) is 1. The Balaban J connectivity index is 5.11. The zero-order valence-corrected chi connectivity index (χ0v) is 14.1. The van der Waals surface area contributed by atoms with E-state index in [2.05, 4.69) is 33.9 Å². The smallest absolute Gasteiger partial charge is 0.237 e. The molecule has 108 valence electrons. The molecule has 2 atom stereocenters. The van der Waals surface area contributed by atoms with E-state index in [0.717, 1.165) is 0 Å². The molecule has 0 aliphatic carbocycles. The minimum absolute atomic E-state index is 0.0784. The van der Waals surface area contributed by atoms with Crippen LogP contribution in [0.3, 0.4) is 0 Å². The molecule has 0 amide bonds. The molecule has 0 heterocycles. The van der Waals surface area contributed by atoms with Gasteiger partial charge in [-0.25, -0.2) is 0 Å². The molecular weight excluding hydrogens is 246 g/mol. The van der Waals surface area contributed by atoms with Gasteiger partial charge in [0, 0.05) is 11.3 Å². The van der Waals surface area contributed by atoms with Crippen molar-refractivity contribution in [2.45, 2.75) is 78.2 Å². The average Bonchev–Trinajstić information content (AvgIpc) is 2.14. The predicted octanol–water partition coefficient (Wildman–Crippen LogP) is 4.09. The summed E-state index contributed by atoms with van der Waals surface area (Å²) in [6, 6.07) is -0.598. The summed E-state index contributed by atoms with van der Waals surface area (Å²) in [5.74, 6) is 0.162. The fourth-order valence-electron chi connectivity index (χ4n) is 1.68. The lowest BCUT2D eigenvalue weighted by Crippen LogP contribution is -2.50. The highest BCUT2D eigenvalue weighted by Gasteiger charge is 2.44. The lowest BCUT2D eigenvalue weighted by atomic mass is 9.98. The van der Waals surface area contributed by atoms with Crippen LogP contribution in [0.15, 0.2) is 0 Å². The molecule has 0 rings (SSSR count). The monoisotopic (exact) mass is 275 g/mol. The Morgan fingerprint density at radius 3 is 1.94 bits per heavy atom. The third-order valence-corrected chi connectivity index (χ3v) is 8.44. The molecule has 0 aromatic carbocycles. The Morgan fingerprint density at radius 2 is 1.72 bits per heavy atom. The molecule has 0 unspecified atom stereocenters. The highest BCUT2D eigenvalue weighted by atomic mass is 28.4. The molecule has 0 radical (unpaired) electrons. The van der Waals surface area contributed by atoms with Gasteiger partial charge in [-0.05, 0) is 24.1 Å². The van der Waals surface area contributed by atoms with Gasteiger partial charge >= 0.3 is 0 Å². The van der Waals surface area contributed by atoms with Crippen molar-refractivity contribution in [1.29, 1.82) is 0 Å². The second-order valence-electron chi connectivity index (χ2n) is 6.85. The standard InChI is InChI=1S/C13H29NO3Si/c1-9-11(14(15)16)12(10(2)3)17-18(7,8)13(4,5)6/h10-12H,9H2,1-8H3/t11-,12+/m0/s1. The minimum atomic E-state index is -1.96. The van der Waals surface area contributed by atoms with Crippen LogP contribution in [0.4, 0.5) is 0 Å². The van der Waals surface area contributed by atoms with Gasteiger partial charge < -0.3 is 4.43 Å². The minimum Gasteiger partial charge on any atom is -0.407 e. The Morgan fingerprint density at radius 1 is 1.28 bits per heavy atom. The molecule has 0 bridgehead atoms. The van der Waals surface area contributed by atoms with Gasteiger partial charge in [0.2, 0.25) is 6.04 Å². The maximum absolute atomic E-state index is 11.2. The summed E-state index contributed by atoms with van der Waals surface area (Å²) < 4.78 is 6.28. The normalized spacial score (nSPS) is 16.7. The average molecular weight is 275 g/mol. The van der Waals surface area contributed by atoms with E-state index in [1.165, 1.54) is 0 Å². The number of rotatable bonds is 6. The molecule has 4 nitrogen and oxygen atoms in total. The van der Waals surface area contributed by atoms with Gasteiger partial charge in [0.15, 0.2) is 8.32 Å². The summed E-state index contributed by atoms with van der Waals surface area (Å²) in [7, 11) is -1.96. The first-order valence-electron chi connectivity index (χ1n) is 6.75. The van der Waals surface area contributed by atoms with Gasteiger partial charge in [0.05, 0.1) is 0 Å². The van der Waals surface area contributed by atoms with Crippen LogP contribution in [-0.2, 0) is 4.43 Å². The SMILES string of the molecule is CC[C@@H]([C@H](O[Si](C)(C)C(C)(C)C)C(C)C)[N+](=O)[O-]. The van der Waals surface area contributed by atoms with Crippen molar-refractivity contribution in [1.82, 2.24) is 0 Å². The molecule has 0 aliphatic rings. The van der Waals surface area contributed by atoms with Crippen LogP contribution < -0.4 is 0 Å². The van der Waals surface area contributed by atoms with Gasteiger partial charge in [-0.15, -0.1) is 0 Å². The van der Waals surface area contributed by atoms with E-state index in [1.54, 1.807) is 0 Å². The van der Waals surface area contributed by atoms with Crippen molar-refractivity contribution >= 4 is 8.32 Å². The number of nitro groups is 1. The number of hydrogen-bond acceptors (Lipinski definition) is 3. The predicted molar refractivity (Wildman–Crippen MR) is 78.0 cm³/mol. The van der Waals surface area contributed by atoms with Crippen molar-refractivity contribution < 1.29 is 9.35 Å². The second-order valence-corrected chi connectivity index (χ2v) is 11.6. The quantitative estimate of drug-likeness (QED) is 0.417. The van der Waals surface area contributed by atoms with Crippen molar-refractivity contribution in [3.8, 4) is 0 Å². The van der Waals surface area contributed by atoms with Gasteiger partial charge in [0.1, 0.15) is 6.10 Å². The Labute approximate surface area is 112 Å². The third-order valence-electron chi connectivity index (χ3n) is 3.96. The van der Waals surface area contributed by atoms with Crippen molar-refractivity contribution in [3.63, 3.8) is 0 Å². The van der Waals surface area contributed by atoms with Gasteiger partial charge in [-0.1, -0.05) is 41.5 Å². The summed E-state index contributed by atoms with van der Waals surface area (Å²) in [5.41, 5.74) is 0. The zero-order chi connectivity index (χ0) is 14.7. The highest BCUT2D eigenvalue weighted by molar-refractivity contribution is 6.74. The first kappa shape index (κ1) is 17.6. The van der Waals surface area contributed by atoms with E-state index in [1.807, 2.05) is 20.8 Å². The van der Waals surface area contributed by atoms with Gasteiger partial charge in [-0.3, -0.25) is 10.1 Å². The first-order valence-corrected chi connectivity index (χ1v) is 9.66. The summed E-state index contributed by atoms with van der Waals surface area (Å²) in [6.07, 6.45) is 0.232. The van der Waals surface area contributed by atoms with Crippen LogP contribution in [0.25, 0.3) is 0 Å². The van der Waals surface area contributed by atoms with E-state index in [-0.39, 0.29) is 22.0 Å². The maximum atomic E-state index is 11.2. The molecule has 18 heavy (non-hydrogen) atoms. The Kier molecular flexibility index (Phi) is 6.00. The van der Waals surface area contributed by atoms with Gasteiger partial charge in [0.25, 0.3) is 0 Å². The summed E-state index contributed by atoms with van der Waals surface area (Å²) in [5, 5.41) is 11.2. The van der Waals surface area contributed by atoms with E-state index in [0.29, 0.717) is 6.42 Å². The van der Waals surface area contributed by atoms with E-state index < -0.39 is 14.4 Å². The van der Waals surface area contributed by atoms with Crippen LogP contribution in [0.5, 0.6) is 0 Å². The molecule has 0 saturated heterocycles. The lowest BCUT2D eigenvalue weighted by molar-refractivity contribution is -0.535. The van der Waals surface area contributed by atoms with Crippen LogP contribution in [0, 0.1) is 16.0 Å². The molecule has 0 spiro atoms. The Bertz CT molecular complexity index is 284. The fraction of sp³-hybridized carbons (Fsp3) is 1.00. The first-order chi connectivity index (χ1) is 7.94. The molecular formula is C13H29NO3Si. The van der Waals surface area contributed by atoms with Gasteiger partial charge in [-0.2, -0.15) is 0 Å². The summed E-state index contributed by atoms with van der Waals surface area (Å²) in [6.45, 7) is 16.6. The largest absolute Gasteiger partial charge is 0.407 e. The highest BCUT2D eigenvalue weighted by Crippen LogP contribution is 2.38. The summed E-state index contributed by atoms with van der Waals surface area (Å²) >= 11 is 0. The van der Waals surface area contributed by atoms with Crippen molar-refractivity contribution in [3.05, 3.63) is 10.1 Å². The maximum Gasteiger partial charge on any atom is 0.237 e. The third kappa shape index (κ3) is 4.35. The molecule has 0 aromatic rings. The van der Waals surface area contributed by atoms with E-state index in [9.17, 15) is 10.1 Å². The van der Waals surface area contributed by atoms with E-state index >= 15 is 0 Å². The lowest BCUT2D eigenvalue weighted by Gasteiger charge is -2.40. The molecule has 0 fully saturated rings. The molecule has 5 heteroatoms. The zero-order valence-electron chi connectivity index (χ0n) is 13.1. The molecule has 0 aliphatic heterocycles. The Hall–Kier alpha value is -0.423. The van der Waals surface area contributed by atoms with Crippen LogP contribution in [0.1, 0.15) is 48.0 Å². The van der Waals surface area contributed by atoms with Crippen LogP contribution >= 0.6 is 0 Å². The molecule has 0 N–H and O–H groups in total. The molecule has 0 aromatic heterocycles.